The number of benzene rings is 9. The molecule has 9 rings (SSSR count). The summed E-state index contributed by atoms with van der Waals surface area (Å²) < 4.78 is 84.8. The highest BCUT2D eigenvalue weighted by Gasteiger charge is 2.22. The monoisotopic (exact) mass is 711 g/mol. The second-order valence-corrected chi connectivity index (χ2v) is 13.0. The van der Waals surface area contributed by atoms with E-state index in [4.69, 9.17) is 13.7 Å². The number of nitrogens with zero attached hydrogens (tertiary/aromatic N) is 1. The highest BCUT2D eigenvalue weighted by Crippen LogP contribution is 2.47. The third-order valence-corrected chi connectivity index (χ3v) is 9.71. The third-order valence-electron chi connectivity index (χ3n) is 9.71. The van der Waals surface area contributed by atoms with Crippen molar-refractivity contribution in [3.05, 3.63) is 236 Å². The molecule has 9 aromatic rings. The Morgan fingerprint density at radius 3 is 1.22 bits per heavy atom. The van der Waals surface area contributed by atoms with Crippen LogP contribution in [0.15, 0.2) is 236 Å². The van der Waals surface area contributed by atoms with E-state index in [-0.39, 0.29) is 47.4 Å². The lowest BCUT2D eigenvalue weighted by Gasteiger charge is -2.30. The fourth-order valence-electron chi connectivity index (χ4n) is 7.14. The lowest BCUT2D eigenvalue weighted by atomic mass is 9.88. The van der Waals surface area contributed by atoms with Crippen molar-refractivity contribution in [1.82, 2.24) is 0 Å². The van der Waals surface area contributed by atoms with Crippen LogP contribution in [-0.4, -0.2) is 0 Å². The molecule has 55 heavy (non-hydrogen) atoms. The maximum absolute atomic E-state index is 9.02. The summed E-state index contributed by atoms with van der Waals surface area (Å²) in [7, 11) is 0. The van der Waals surface area contributed by atoms with Crippen molar-refractivity contribution in [3.63, 3.8) is 0 Å². The molecule has 0 bridgehead atoms. The lowest BCUT2D eigenvalue weighted by molar-refractivity contribution is 1.28. The Kier molecular flexibility index (Phi) is 6.77. The van der Waals surface area contributed by atoms with Crippen LogP contribution in [0.5, 0.6) is 0 Å². The summed E-state index contributed by atoms with van der Waals surface area (Å²) >= 11 is 0. The molecule has 0 amide bonds. The quantitative estimate of drug-likeness (QED) is 0.144. The van der Waals surface area contributed by atoms with Gasteiger partial charge in [0.1, 0.15) is 0 Å². The second kappa shape index (κ2) is 15.4. The Morgan fingerprint density at radius 2 is 0.636 bits per heavy atom. The lowest BCUT2D eigenvalue weighted by Crippen LogP contribution is -2.12. The van der Waals surface area contributed by atoms with Crippen LogP contribution in [0.3, 0.4) is 0 Å². The molecule has 0 heterocycles. The molecule has 9 aromatic carbocycles. The number of hydrogen-bond acceptors (Lipinski definition) is 1. The summed E-state index contributed by atoms with van der Waals surface area (Å²) in [6.07, 6.45) is 0. The predicted octanol–water partition coefficient (Wildman–Crippen LogP) is 15.2. The number of rotatable bonds is 9. The average Bonchev–Trinajstić information content (AvgIpc) is 3.35. The van der Waals surface area contributed by atoms with Crippen LogP contribution < -0.4 is 4.90 Å². The molecule has 0 saturated heterocycles. The smallest absolute Gasteiger partial charge is 0.0629 e. The molecular weight excluding hydrogens is 663 g/mol. The van der Waals surface area contributed by atoms with Gasteiger partial charge in [-0.3, -0.25) is 0 Å². The zero-order chi connectivity index (χ0) is 45.5. The van der Waals surface area contributed by atoms with Gasteiger partial charge in [-0.2, -0.15) is 0 Å². The van der Waals surface area contributed by atoms with Gasteiger partial charge >= 0.3 is 0 Å². The molecule has 1 nitrogen and oxygen atoms in total. The van der Waals surface area contributed by atoms with Gasteiger partial charge in [0.2, 0.25) is 0 Å². The molecule has 1 heteroatoms. The summed E-state index contributed by atoms with van der Waals surface area (Å²) in [5, 5.41) is 0. The van der Waals surface area contributed by atoms with Gasteiger partial charge in [0.25, 0.3) is 0 Å². The van der Waals surface area contributed by atoms with E-state index in [0.29, 0.717) is 16.8 Å². The Hall–Kier alpha value is -7.22. The van der Waals surface area contributed by atoms with Crippen LogP contribution in [0.1, 0.15) is 13.7 Å². The third kappa shape index (κ3) is 6.88. The summed E-state index contributed by atoms with van der Waals surface area (Å²) in [4.78, 5) is 2.07. The molecule has 0 aliphatic carbocycles. The first-order valence-corrected chi connectivity index (χ1v) is 18.0. The van der Waals surface area contributed by atoms with Crippen molar-refractivity contribution in [3.8, 4) is 66.8 Å². The fraction of sp³-hybridized carbons (Fsp3) is 0. The topological polar surface area (TPSA) is 3.24 Å². The Morgan fingerprint density at radius 1 is 0.255 bits per heavy atom. The zero-order valence-corrected chi connectivity index (χ0v) is 29.7. The number of anilines is 3. The summed E-state index contributed by atoms with van der Waals surface area (Å²) in [6, 6.07) is 53.8. The first-order chi connectivity index (χ1) is 31.5. The van der Waals surface area contributed by atoms with Crippen LogP contribution in [0, 0.1) is 0 Å². The second-order valence-electron chi connectivity index (χ2n) is 13.0. The first-order valence-electron chi connectivity index (χ1n) is 23.0. The molecule has 0 spiro atoms. The highest BCUT2D eigenvalue weighted by molar-refractivity contribution is 5.99. The number of para-hydroxylation sites is 2. The molecule has 260 valence electrons. The molecule has 0 N–H and O–H groups in total. The Bertz CT molecular complexity index is 3200. The maximum atomic E-state index is 9.02. The molecule has 0 fully saturated rings. The van der Waals surface area contributed by atoms with E-state index in [2.05, 4.69) is 47.4 Å². The normalized spacial score (nSPS) is 13.5. The van der Waals surface area contributed by atoms with Gasteiger partial charge in [0.15, 0.2) is 0 Å². The molecule has 0 aromatic heterocycles. The largest absolute Gasteiger partial charge is 0.309 e. The van der Waals surface area contributed by atoms with E-state index in [1.165, 1.54) is 0 Å². The SMILES string of the molecule is [2H]c1c([2H])c([2H])c(-c2ccc(-c3ccc(N(c4ccccc4-c4ccccc4-c4ccccc4-c4ccccc4)c4ccccc4-c4c([2H])c([2H])c([2H])c([2H])c4[2H])cc3)cc2)c([2H])c1[2H]. The van der Waals surface area contributed by atoms with Crippen LogP contribution in [0.25, 0.3) is 66.8 Å². The van der Waals surface area contributed by atoms with Gasteiger partial charge in [-0.05, 0) is 79.9 Å². The zero-order valence-electron chi connectivity index (χ0n) is 39.7. The fourth-order valence-corrected chi connectivity index (χ4v) is 7.14. The molecule has 0 aliphatic heterocycles. The van der Waals surface area contributed by atoms with Gasteiger partial charge in [-0.25, -0.2) is 0 Å². The van der Waals surface area contributed by atoms with Crippen LogP contribution in [0.2, 0.25) is 0 Å². The van der Waals surface area contributed by atoms with Crippen molar-refractivity contribution in [2.24, 2.45) is 0 Å². The molecule has 0 atom stereocenters. The Balaban J connectivity index is 1.22. The minimum absolute atomic E-state index is 0.0853. The molecular formula is C54H39N. The van der Waals surface area contributed by atoms with Gasteiger partial charge in [-0.1, -0.05) is 212 Å². The van der Waals surface area contributed by atoms with Gasteiger partial charge in [-0.15, -0.1) is 0 Å². The van der Waals surface area contributed by atoms with Gasteiger partial charge in [0, 0.05) is 16.8 Å². The van der Waals surface area contributed by atoms with Gasteiger partial charge < -0.3 is 4.90 Å². The van der Waals surface area contributed by atoms with E-state index < -0.39 is 24.2 Å². The van der Waals surface area contributed by atoms with Crippen LogP contribution >= 0.6 is 0 Å². The van der Waals surface area contributed by atoms with Gasteiger partial charge in [0.05, 0.1) is 25.1 Å². The van der Waals surface area contributed by atoms with Crippen LogP contribution in [-0.2, 0) is 0 Å². The molecule has 0 unspecified atom stereocenters. The van der Waals surface area contributed by atoms with Crippen molar-refractivity contribution < 1.29 is 13.7 Å². The summed E-state index contributed by atoms with van der Waals surface area (Å²) in [5.41, 5.74) is 11.1. The molecule has 0 saturated carbocycles. The summed E-state index contributed by atoms with van der Waals surface area (Å²) in [5.74, 6) is 0. The maximum Gasteiger partial charge on any atom is 0.0629 e. The molecule has 0 aliphatic rings. The van der Waals surface area contributed by atoms with Crippen molar-refractivity contribution in [1.29, 1.82) is 0 Å². The minimum Gasteiger partial charge on any atom is -0.309 e. The van der Waals surface area contributed by atoms with E-state index >= 15 is 0 Å². The van der Waals surface area contributed by atoms with Crippen LogP contribution in [0.4, 0.5) is 17.1 Å². The van der Waals surface area contributed by atoms with E-state index in [1.807, 2.05) is 109 Å². The minimum atomic E-state index is -0.465. The van der Waals surface area contributed by atoms with E-state index in [9.17, 15) is 0 Å². The van der Waals surface area contributed by atoms with Crippen molar-refractivity contribution in [2.45, 2.75) is 0 Å². The Labute approximate surface area is 338 Å². The average molecular weight is 712 g/mol. The van der Waals surface area contributed by atoms with E-state index in [0.717, 1.165) is 55.9 Å². The van der Waals surface area contributed by atoms with Crippen molar-refractivity contribution >= 4 is 17.1 Å². The standard InChI is InChI=1S/C54H39N/c1-4-18-40(19-5-1)41-32-34-42(35-33-41)43-36-38-46(39-37-43)55(53-30-16-14-25-48(53)45-22-8-3-9-23-45)54-31-17-15-29-52(54)51-28-13-12-27-50(51)49-26-11-10-24-47(49)44-20-6-2-7-21-44/h1-39H/i1D,3D,4D,5D,8D,9D,18D,19D,22D,23D. The summed E-state index contributed by atoms with van der Waals surface area (Å²) in [6.45, 7) is 0. The number of hydrogen-bond donors (Lipinski definition) is 0. The predicted molar refractivity (Wildman–Crippen MR) is 234 cm³/mol. The van der Waals surface area contributed by atoms with Crippen molar-refractivity contribution in [2.75, 3.05) is 4.90 Å². The highest BCUT2D eigenvalue weighted by atomic mass is 15.1. The molecule has 0 radical (unpaired) electrons. The van der Waals surface area contributed by atoms with E-state index in [1.54, 1.807) is 24.3 Å². The first kappa shape index (κ1) is 24.2.